The second kappa shape index (κ2) is 2.17. The molecule has 1 saturated heterocycles. The molecule has 2 atom stereocenters. The molecule has 13 heavy (non-hydrogen) atoms. The molecule has 9 nitrogen and oxygen atoms in total. The van der Waals surface area contributed by atoms with Gasteiger partial charge in [0.15, 0.2) is 0 Å². The Morgan fingerprint density at radius 3 is 1.00 bits per heavy atom. The highest BCUT2D eigenvalue weighted by Gasteiger charge is 2.76. The second-order valence-corrected chi connectivity index (χ2v) is 3.00. The van der Waals surface area contributed by atoms with E-state index in [-0.39, 0.29) is 0 Å². The molecule has 1 heterocycles. The Morgan fingerprint density at radius 2 is 0.923 bits per heavy atom. The Balaban J connectivity index is 3.24. The van der Waals surface area contributed by atoms with Crippen molar-refractivity contribution in [3.8, 4) is 0 Å². The van der Waals surface area contributed by atoms with E-state index in [0.717, 1.165) is 0 Å². The highest BCUT2D eigenvalue weighted by molar-refractivity contribution is 5.12. The summed E-state index contributed by atoms with van der Waals surface area (Å²) in [5, 5.41) is 55.0. The predicted molar refractivity (Wildman–Crippen MR) is 35.7 cm³/mol. The maximum atomic E-state index is 9.11. The monoisotopic (exact) mass is 197 g/mol. The lowest BCUT2D eigenvalue weighted by molar-refractivity contribution is -0.313. The van der Waals surface area contributed by atoms with Gasteiger partial charge in [0.2, 0.25) is 11.4 Å². The molecule has 0 aromatic heterocycles. The predicted octanol–water partition coefficient (Wildman–Crippen LogP) is -5.84. The Hall–Kier alpha value is -0.360. The normalized spacial score (nSPS) is 48.0. The topological polar surface area (TPSA) is 185 Å². The van der Waals surface area contributed by atoms with E-state index in [4.69, 9.17) is 42.1 Å². The van der Waals surface area contributed by atoms with Crippen molar-refractivity contribution in [1.29, 1.82) is 0 Å². The summed E-state index contributed by atoms with van der Waals surface area (Å²) >= 11 is 0. The molecule has 0 aromatic rings. The average Bonchev–Trinajstić information content (AvgIpc) is 1.88. The molecule has 0 saturated carbocycles. The van der Waals surface area contributed by atoms with Gasteiger partial charge in [0.25, 0.3) is 11.8 Å². The summed E-state index contributed by atoms with van der Waals surface area (Å²) in [5.41, 5.74) is 3.12. The van der Waals surface area contributed by atoms with Crippen LogP contribution in [0.25, 0.3) is 0 Å². The van der Waals surface area contributed by atoms with E-state index in [1.54, 1.807) is 0 Å². The lowest BCUT2D eigenvalue weighted by atomic mass is 10.0. The minimum absolute atomic E-state index is 1.22. The van der Waals surface area contributed by atoms with Crippen molar-refractivity contribution in [2.24, 2.45) is 11.5 Å². The molecule has 0 radical (unpaired) electrons. The Bertz CT molecular complexity index is 212. The van der Waals surface area contributed by atoms with Crippen molar-refractivity contribution in [3.63, 3.8) is 0 Å². The Kier molecular flexibility index (Phi) is 1.79. The van der Waals surface area contributed by atoms with Gasteiger partial charge in [-0.25, -0.2) is 5.32 Å². The minimum atomic E-state index is -3.33. The number of hydrogen-bond donors (Lipinski definition) is 9. The fourth-order valence-electron chi connectivity index (χ4n) is 0.965. The van der Waals surface area contributed by atoms with Gasteiger partial charge in [-0.3, -0.25) is 11.5 Å². The fraction of sp³-hybridized carbons (Fsp3) is 1.00. The number of hydrogen-bond acceptors (Lipinski definition) is 9. The van der Waals surface area contributed by atoms with E-state index in [0.29, 0.717) is 0 Å². The van der Waals surface area contributed by atoms with Crippen LogP contribution in [-0.2, 0) is 0 Å². The standard InChI is InChI=1S/C4H11N3O6/c5-1(8)2(6,9)4(12,13)7-3(1,10)11/h7-13H,5-6H2. The summed E-state index contributed by atoms with van der Waals surface area (Å²) in [6.07, 6.45) is 0. The van der Waals surface area contributed by atoms with Gasteiger partial charge < -0.3 is 30.6 Å². The zero-order valence-corrected chi connectivity index (χ0v) is 6.34. The van der Waals surface area contributed by atoms with Gasteiger partial charge >= 0.3 is 0 Å². The third kappa shape index (κ3) is 1.02. The lowest BCUT2D eigenvalue weighted by Crippen LogP contribution is -2.76. The van der Waals surface area contributed by atoms with Crippen molar-refractivity contribution in [3.05, 3.63) is 0 Å². The summed E-state index contributed by atoms with van der Waals surface area (Å²) in [6.45, 7) is 0. The van der Waals surface area contributed by atoms with Gasteiger partial charge in [-0.15, -0.1) is 0 Å². The molecule has 0 amide bonds. The van der Waals surface area contributed by atoms with E-state index in [1.807, 2.05) is 0 Å². The zero-order chi connectivity index (χ0) is 10.7. The number of nitrogens with one attached hydrogen (secondary N) is 1. The first-order valence-corrected chi connectivity index (χ1v) is 3.17. The SMILES string of the molecule is NC1(O)C(O)(O)NC(O)(O)C1(N)O. The van der Waals surface area contributed by atoms with Gasteiger partial charge in [0.05, 0.1) is 0 Å². The number of nitrogens with two attached hydrogens (primary N) is 2. The maximum absolute atomic E-state index is 9.11. The largest absolute Gasteiger partial charge is 0.366 e. The van der Waals surface area contributed by atoms with Gasteiger partial charge in [-0.2, -0.15) is 0 Å². The van der Waals surface area contributed by atoms with Crippen LogP contribution in [0, 0.1) is 0 Å². The van der Waals surface area contributed by atoms with Crippen LogP contribution in [0.2, 0.25) is 0 Å². The van der Waals surface area contributed by atoms with E-state index < -0.39 is 23.3 Å². The van der Waals surface area contributed by atoms with Gasteiger partial charge in [0.1, 0.15) is 0 Å². The smallest absolute Gasteiger partial charge is 0.276 e. The quantitative estimate of drug-likeness (QED) is 0.170. The lowest BCUT2D eigenvalue weighted by Gasteiger charge is -2.36. The average molecular weight is 197 g/mol. The molecule has 9 heteroatoms. The second-order valence-electron chi connectivity index (χ2n) is 3.00. The van der Waals surface area contributed by atoms with Gasteiger partial charge in [-0.05, 0) is 0 Å². The van der Waals surface area contributed by atoms with Crippen LogP contribution in [-0.4, -0.2) is 53.9 Å². The first-order valence-electron chi connectivity index (χ1n) is 3.17. The van der Waals surface area contributed by atoms with Crippen molar-refractivity contribution >= 4 is 0 Å². The van der Waals surface area contributed by atoms with Crippen LogP contribution in [0.5, 0.6) is 0 Å². The Labute approximate surface area is 71.8 Å². The molecule has 1 rings (SSSR count). The maximum Gasteiger partial charge on any atom is 0.276 e. The Morgan fingerprint density at radius 1 is 0.692 bits per heavy atom. The van der Waals surface area contributed by atoms with Crippen molar-refractivity contribution < 1.29 is 30.6 Å². The van der Waals surface area contributed by atoms with E-state index in [9.17, 15) is 0 Å². The van der Waals surface area contributed by atoms with Crippen LogP contribution in [0.15, 0.2) is 0 Å². The van der Waals surface area contributed by atoms with Gasteiger partial charge in [0, 0.05) is 0 Å². The molecule has 1 aliphatic rings. The van der Waals surface area contributed by atoms with Crippen molar-refractivity contribution in [1.82, 2.24) is 5.32 Å². The molecule has 11 N–H and O–H groups in total. The molecule has 0 aliphatic carbocycles. The van der Waals surface area contributed by atoms with Gasteiger partial charge in [-0.1, -0.05) is 0 Å². The van der Waals surface area contributed by atoms with Crippen LogP contribution < -0.4 is 16.8 Å². The van der Waals surface area contributed by atoms with Crippen LogP contribution in [0.1, 0.15) is 0 Å². The molecular weight excluding hydrogens is 186 g/mol. The summed E-state index contributed by atoms with van der Waals surface area (Å²) in [5.74, 6) is -6.67. The molecule has 1 aliphatic heterocycles. The molecule has 78 valence electrons. The summed E-state index contributed by atoms with van der Waals surface area (Å²) in [7, 11) is 0. The number of aliphatic hydroxyl groups is 6. The van der Waals surface area contributed by atoms with E-state index >= 15 is 0 Å². The van der Waals surface area contributed by atoms with E-state index in [1.165, 1.54) is 5.32 Å². The van der Waals surface area contributed by atoms with Crippen molar-refractivity contribution in [2.45, 2.75) is 23.3 Å². The zero-order valence-electron chi connectivity index (χ0n) is 6.34. The fourth-order valence-corrected chi connectivity index (χ4v) is 0.965. The molecule has 0 spiro atoms. The molecule has 2 unspecified atom stereocenters. The minimum Gasteiger partial charge on any atom is -0.366 e. The first-order chi connectivity index (χ1) is 5.46. The highest BCUT2D eigenvalue weighted by atomic mass is 16.6. The van der Waals surface area contributed by atoms with E-state index in [2.05, 4.69) is 0 Å². The third-order valence-electron chi connectivity index (χ3n) is 1.99. The highest BCUT2D eigenvalue weighted by Crippen LogP contribution is 2.35. The van der Waals surface area contributed by atoms with Crippen LogP contribution in [0.3, 0.4) is 0 Å². The van der Waals surface area contributed by atoms with Crippen LogP contribution >= 0.6 is 0 Å². The summed E-state index contributed by atoms with van der Waals surface area (Å²) in [6, 6.07) is 0. The van der Waals surface area contributed by atoms with Crippen LogP contribution in [0.4, 0.5) is 0 Å². The molecule has 0 aromatic carbocycles. The summed E-state index contributed by atoms with van der Waals surface area (Å²) < 4.78 is 0. The molecule has 0 bridgehead atoms. The first kappa shape index (κ1) is 10.7. The summed E-state index contributed by atoms with van der Waals surface area (Å²) in [4.78, 5) is 0. The van der Waals surface area contributed by atoms with Crippen molar-refractivity contribution in [2.75, 3.05) is 0 Å². The number of rotatable bonds is 0. The third-order valence-corrected chi connectivity index (χ3v) is 1.99. The molecule has 1 fully saturated rings. The molecular formula is C4H11N3O6.